The molecule has 0 saturated heterocycles. The smallest absolute Gasteiger partial charge is 0.273 e. The van der Waals surface area contributed by atoms with Crippen molar-refractivity contribution in [3.8, 4) is 10.9 Å². The van der Waals surface area contributed by atoms with Crippen LogP contribution in [0.4, 0.5) is 5.69 Å². The van der Waals surface area contributed by atoms with Crippen LogP contribution in [0.2, 0.25) is 0 Å². The first-order valence-corrected chi connectivity index (χ1v) is 15.1. The van der Waals surface area contributed by atoms with Crippen LogP contribution in [-0.2, 0) is 11.4 Å². The van der Waals surface area contributed by atoms with Gasteiger partial charge in [-0.2, -0.15) is 0 Å². The molecule has 39 heavy (non-hydrogen) atoms. The van der Waals surface area contributed by atoms with Crippen molar-refractivity contribution in [1.29, 1.82) is 0 Å². The zero-order valence-corrected chi connectivity index (χ0v) is 23.9. The number of benzene rings is 2. The molecule has 1 N–H and O–H groups in total. The van der Waals surface area contributed by atoms with Crippen LogP contribution >= 0.6 is 11.3 Å². The standard InChI is InChI=1S/C32H40N2O4S/c1-22-18-27(12-15-30(22)37-2)25-8-6-23(7-9-25)20-34(31(36)26-10-13-29(35)14-11-26)28-5-3-4-24(19-28)21-38-32-33-16-17-39-32/h3-5,12,15-19,23,25-26,29,35H,6-11,13-14,20-21H2,1-2H3/t23-,25-,26-,29-. The van der Waals surface area contributed by atoms with Crippen molar-refractivity contribution in [2.45, 2.75) is 76.9 Å². The number of hydrogen-bond donors (Lipinski definition) is 1. The third kappa shape index (κ3) is 7.00. The number of aliphatic hydroxyl groups excluding tert-OH is 1. The van der Waals surface area contributed by atoms with Crippen LogP contribution in [0.1, 0.15) is 74.0 Å². The fourth-order valence-electron chi connectivity index (χ4n) is 6.20. The van der Waals surface area contributed by atoms with Gasteiger partial charge >= 0.3 is 0 Å². The summed E-state index contributed by atoms with van der Waals surface area (Å²) >= 11 is 1.48. The second-order valence-corrected chi connectivity index (χ2v) is 12.0. The number of aromatic nitrogens is 1. The second-order valence-electron chi connectivity index (χ2n) is 11.2. The minimum Gasteiger partial charge on any atom is -0.496 e. The molecule has 6 nitrogen and oxygen atoms in total. The first kappa shape index (κ1) is 27.7. The largest absolute Gasteiger partial charge is 0.496 e. The van der Waals surface area contributed by atoms with Crippen molar-refractivity contribution < 1.29 is 19.4 Å². The zero-order valence-electron chi connectivity index (χ0n) is 23.1. The quantitative estimate of drug-likeness (QED) is 0.315. The first-order valence-electron chi connectivity index (χ1n) is 14.3. The molecule has 2 saturated carbocycles. The van der Waals surface area contributed by atoms with E-state index in [1.807, 2.05) is 28.5 Å². The van der Waals surface area contributed by atoms with Crippen LogP contribution in [0.3, 0.4) is 0 Å². The summed E-state index contributed by atoms with van der Waals surface area (Å²) in [6, 6.07) is 14.8. The highest BCUT2D eigenvalue weighted by Gasteiger charge is 2.32. The van der Waals surface area contributed by atoms with Gasteiger partial charge in [0.2, 0.25) is 5.91 Å². The van der Waals surface area contributed by atoms with E-state index in [-0.39, 0.29) is 17.9 Å². The fourth-order valence-corrected chi connectivity index (χ4v) is 6.69. The molecule has 3 aromatic rings. The molecule has 0 atom stereocenters. The monoisotopic (exact) mass is 548 g/mol. The number of anilines is 1. The summed E-state index contributed by atoms with van der Waals surface area (Å²) in [4.78, 5) is 20.2. The molecule has 5 rings (SSSR count). The van der Waals surface area contributed by atoms with Gasteiger partial charge in [0.15, 0.2) is 0 Å². The number of carbonyl (C=O) groups excluding carboxylic acids is 1. The lowest BCUT2D eigenvalue weighted by molar-refractivity contribution is -0.124. The number of rotatable bonds is 9. The van der Waals surface area contributed by atoms with E-state index in [1.54, 1.807) is 13.3 Å². The Labute approximate surface area is 236 Å². The van der Waals surface area contributed by atoms with Crippen LogP contribution in [0, 0.1) is 18.8 Å². The summed E-state index contributed by atoms with van der Waals surface area (Å²) in [5.41, 5.74) is 4.55. The van der Waals surface area contributed by atoms with Gasteiger partial charge in [0.25, 0.3) is 5.19 Å². The van der Waals surface area contributed by atoms with Gasteiger partial charge in [0.1, 0.15) is 12.4 Å². The Morgan fingerprint density at radius 2 is 1.85 bits per heavy atom. The number of methoxy groups -OCH3 is 1. The summed E-state index contributed by atoms with van der Waals surface area (Å²) in [6.07, 6.45) is 8.88. The Kier molecular flexibility index (Phi) is 9.20. The lowest BCUT2D eigenvalue weighted by Crippen LogP contribution is -2.41. The molecule has 2 aromatic carbocycles. The molecule has 1 amide bonds. The minimum absolute atomic E-state index is 0.0257. The van der Waals surface area contributed by atoms with Gasteiger partial charge in [-0.25, -0.2) is 4.98 Å². The van der Waals surface area contributed by atoms with Gasteiger partial charge in [-0.1, -0.05) is 35.6 Å². The molecule has 7 heteroatoms. The van der Waals surface area contributed by atoms with E-state index in [4.69, 9.17) is 9.47 Å². The van der Waals surface area contributed by atoms with E-state index in [9.17, 15) is 9.90 Å². The van der Waals surface area contributed by atoms with Crippen LogP contribution in [0.25, 0.3) is 0 Å². The maximum absolute atomic E-state index is 13.9. The highest BCUT2D eigenvalue weighted by atomic mass is 32.1. The number of ether oxygens (including phenoxy) is 2. The topological polar surface area (TPSA) is 71.9 Å². The number of carbonyl (C=O) groups is 1. The van der Waals surface area contributed by atoms with E-state index >= 15 is 0 Å². The highest BCUT2D eigenvalue weighted by molar-refractivity contribution is 7.11. The SMILES string of the molecule is COc1ccc([C@H]2CC[C@H](CN(c3cccc(COc4nccs4)c3)C(=O)[C@H]3CC[C@H](O)CC3)CC2)cc1C. The molecule has 208 valence electrons. The number of amides is 1. The number of aliphatic hydroxyl groups is 1. The van der Waals surface area contributed by atoms with E-state index in [1.165, 1.54) is 22.5 Å². The molecule has 0 spiro atoms. The van der Waals surface area contributed by atoms with Crippen molar-refractivity contribution >= 4 is 22.9 Å². The molecule has 1 aromatic heterocycles. The lowest BCUT2D eigenvalue weighted by atomic mass is 9.78. The van der Waals surface area contributed by atoms with Gasteiger partial charge in [0.05, 0.1) is 13.2 Å². The van der Waals surface area contributed by atoms with E-state index in [0.29, 0.717) is 36.5 Å². The Hall–Kier alpha value is -2.90. The molecule has 0 unspecified atom stereocenters. The number of hydrogen-bond acceptors (Lipinski definition) is 6. The predicted octanol–water partition coefficient (Wildman–Crippen LogP) is 6.90. The molecule has 0 radical (unpaired) electrons. The molecule has 2 aliphatic carbocycles. The highest BCUT2D eigenvalue weighted by Crippen LogP contribution is 2.38. The van der Waals surface area contributed by atoms with Crippen LogP contribution in [0.5, 0.6) is 10.9 Å². The normalized spacial score (nSPS) is 23.3. The average Bonchev–Trinajstić information content (AvgIpc) is 3.49. The Morgan fingerprint density at radius 1 is 1.05 bits per heavy atom. The molecule has 2 aliphatic rings. The van der Waals surface area contributed by atoms with Crippen molar-refractivity contribution in [3.05, 3.63) is 70.7 Å². The third-order valence-corrected chi connectivity index (χ3v) is 9.17. The van der Waals surface area contributed by atoms with Crippen LogP contribution in [0.15, 0.2) is 54.0 Å². The number of nitrogens with zero attached hydrogens (tertiary/aromatic N) is 2. The van der Waals surface area contributed by atoms with E-state index in [0.717, 1.165) is 62.1 Å². The predicted molar refractivity (Wildman–Crippen MR) is 156 cm³/mol. The summed E-state index contributed by atoms with van der Waals surface area (Å²) < 4.78 is 11.3. The van der Waals surface area contributed by atoms with Gasteiger partial charge < -0.3 is 19.5 Å². The lowest BCUT2D eigenvalue weighted by Gasteiger charge is -2.36. The van der Waals surface area contributed by atoms with Crippen molar-refractivity contribution in [2.24, 2.45) is 11.8 Å². The molecular weight excluding hydrogens is 508 g/mol. The summed E-state index contributed by atoms with van der Waals surface area (Å²) in [5, 5.41) is 12.6. The van der Waals surface area contributed by atoms with Crippen LogP contribution < -0.4 is 14.4 Å². The van der Waals surface area contributed by atoms with Gasteiger partial charge in [-0.3, -0.25) is 4.79 Å². The third-order valence-electron chi connectivity index (χ3n) is 8.48. The summed E-state index contributed by atoms with van der Waals surface area (Å²) in [5.74, 6) is 2.14. The van der Waals surface area contributed by atoms with Gasteiger partial charge in [-0.05, 0) is 105 Å². The maximum Gasteiger partial charge on any atom is 0.273 e. The van der Waals surface area contributed by atoms with Crippen molar-refractivity contribution in [2.75, 3.05) is 18.6 Å². The Bertz CT molecular complexity index is 1210. The van der Waals surface area contributed by atoms with Gasteiger partial charge in [0, 0.05) is 29.7 Å². The molecule has 1 heterocycles. The van der Waals surface area contributed by atoms with Crippen molar-refractivity contribution in [3.63, 3.8) is 0 Å². The molecule has 2 fully saturated rings. The molecular formula is C32H40N2O4S. The maximum atomic E-state index is 13.9. The number of aryl methyl sites for hydroxylation is 1. The molecule has 0 bridgehead atoms. The van der Waals surface area contributed by atoms with E-state index in [2.05, 4.69) is 36.2 Å². The van der Waals surface area contributed by atoms with E-state index < -0.39 is 0 Å². The van der Waals surface area contributed by atoms with Crippen LogP contribution in [-0.4, -0.2) is 35.8 Å². The average molecular weight is 549 g/mol. The van der Waals surface area contributed by atoms with Gasteiger partial charge in [-0.15, -0.1) is 0 Å². The Balaban J connectivity index is 1.28. The summed E-state index contributed by atoms with van der Waals surface area (Å²) in [7, 11) is 1.72. The fraction of sp³-hybridized carbons (Fsp3) is 0.500. The first-order chi connectivity index (χ1) is 19.0. The molecule has 0 aliphatic heterocycles. The number of thiazole rings is 1. The Morgan fingerprint density at radius 3 is 2.54 bits per heavy atom. The summed E-state index contributed by atoms with van der Waals surface area (Å²) in [6.45, 7) is 3.27. The minimum atomic E-state index is -0.272. The second kappa shape index (κ2) is 13.0. The zero-order chi connectivity index (χ0) is 27.2. The van der Waals surface area contributed by atoms with Crippen molar-refractivity contribution in [1.82, 2.24) is 4.98 Å².